The van der Waals surface area contributed by atoms with Gasteiger partial charge in [-0.3, -0.25) is 4.79 Å². The van der Waals surface area contributed by atoms with Gasteiger partial charge in [0, 0.05) is 49.0 Å². The Labute approximate surface area is 206 Å². The summed E-state index contributed by atoms with van der Waals surface area (Å²) in [6.45, 7) is 4.74. The van der Waals surface area contributed by atoms with E-state index in [4.69, 9.17) is 22.3 Å². The Balaban J connectivity index is 1.27. The molecule has 8 nitrogen and oxygen atoms in total. The van der Waals surface area contributed by atoms with Crippen LogP contribution in [0.1, 0.15) is 42.0 Å². The third-order valence-electron chi connectivity index (χ3n) is 7.35. The number of hydrogen-bond acceptors (Lipinski definition) is 6. The summed E-state index contributed by atoms with van der Waals surface area (Å²) in [6.07, 6.45) is 1.32. The van der Waals surface area contributed by atoms with Crippen molar-refractivity contribution < 1.29 is 13.6 Å². The van der Waals surface area contributed by atoms with E-state index in [-0.39, 0.29) is 24.2 Å². The molecule has 3 unspecified atom stereocenters. The molecule has 5 rings (SSSR count). The molecule has 186 valence electrons. The van der Waals surface area contributed by atoms with Gasteiger partial charge in [0.15, 0.2) is 11.3 Å². The maximum absolute atomic E-state index is 13.5. The number of nitrogens with one attached hydrogen (secondary N) is 1. The molecular weight excluding hydrogens is 476 g/mol. The second-order valence-electron chi connectivity index (χ2n) is 9.71. The first-order valence-corrected chi connectivity index (χ1v) is 12.2. The predicted molar refractivity (Wildman–Crippen MR) is 130 cm³/mol. The topological polar surface area (TPSA) is 102 Å². The van der Waals surface area contributed by atoms with E-state index in [9.17, 15) is 13.6 Å². The van der Waals surface area contributed by atoms with Crippen molar-refractivity contribution >= 4 is 34.4 Å². The minimum atomic E-state index is -2.49. The largest absolute Gasteiger partial charge is 0.354 e. The highest BCUT2D eigenvalue weighted by molar-refractivity contribution is 6.35. The smallest absolute Gasteiger partial charge is 0.272 e. The molecule has 3 aromatic rings. The van der Waals surface area contributed by atoms with E-state index in [0.717, 1.165) is 11.3 Å². The molecule has 1 saturated heterocycles. The summed E-state index contributed by atoms with van der Waals surface area (Å²) in [4.78, 5) is 19.5. The first kappa shape index (κ1) is 23.9. The minimum Gasteiger partial charge on any atom is -0.354 e. The van der Waals surface area contributed by atoms with Crippen LogP contribution in [-0.2, 0) is 19.4 Å². The minimum absolute atomic E-state index is 0.0711. The molecule has 0 saturated carbocycles. The lowest BCUT2D eigenvalue weighted by molar-refractivity contribution is 0.0122. The number of aromatic nitrogens is 4. The van der Waals surface area contributed by atoms with Crippen LogP contribution in [-0.4, -0.2) is 57.3 Å². The number of nitrogens with zero attached hydrogens (tertiary/aromatic N) is 5. The predicted octanol–water partition coefficient (Wildman–Crippen LogP) is 3.21. The van der Waals surface area contributed by atoms with Gasteiger partial charge in [0.25, 0.3) is 5.91 Å². The van der Waals surface area contributed by atoms with Crippen molar-refractivity contribution in [3.8, 4) is 0 Å². The Hall–Kier alpha value is -2.85. The first-order chi connectivity index (χ1) is 16.7. The molecule has 1 aliphatic heterocycles. The fourth-order valence-corrected chi connectivity index (χ4v) is 5.25. The quantitative estimate of drug-likeness (QED) is 0.554. The summed E-state index contributed by atoms with van der Waals surface area (Å²) in [5.74, 6) is 0.376. The van der Waals surface area contributed by atoms with E-state index in [2.05, 4.69) is 15.5 Å². The Kier molecular flexibility index (Phi) is 6.13. The molecule has 0 bridgehead atoms. The fourth-order valence-electron chi connectivity index (χ4n) is 5.00. The molecule has 1 fully saturated rings. The zero-order valence-electron chi connectivity index (χ0n) is 19.6. The van der Waals surface area contributed by atoms with Crippen LogP contribution in [0, 0.1) is 5.41 Å². The zero-order chi connectivity index (χ0) is 24.9. The summed E-state index contributed by atoms with van der Waals surface area (Å²) in [6, 6.07) is 4.81. The van der Waals surface area contributed by atoms with Crippen molar-refractivity contribution in [2.24, 2.45) is 11.1 Å². The van der Waals surface area contributed by atoms with Crippen LogP contribution < -0.4 is 16.0 Å². The van der Waals surface area contributed by atoms with Crippen LogP contribution in [0.5, 0.6) is 0 Å². The molecule has 4 heterocycles. The number of pyridine rings is 1. The second-order valence-corrected chi connectivity index (χ2v) is 10.1. The lowest BCUT2D eigenvalue weighted by atomic mass is 9.86. The molecule has 11 heteroatoms. The summed E-state index contributed by atoms with van der Waals surface area (Å²) >= 11 is 6.31. The molecule has 3 N–H and O–H groups in total. The van der Waals surface area contributed by atoms with Crippen LogP contribution >= 0.6 is 11.6 Å². The number of halogens is 3. The SMILES string of the molecule is CCn1cc(Cl)c2cc(C(=O)NC3CCc4nc(N5CC(N)C(C)(C(F)F)C5)ccc4C3)nnc21. The third kappa shape index (κ3) is 4.23. The molecule has 1 aliphatic carbocycles. The van der Waals surface area contributed by atoms with E-state index in [1.54, 1.807) is 12.3 Å². The third-order valence-corrected chi connectivity index (χ3v) is 7.65. The molecule has 35 heavy (non-hydrogen) atoms. The van der Waals surface area contributed by atoms with Crippen molar-refractivity contribution in [2.45, 2.75) is 58.2 Å². The average molecular weight is 504 g/mol. The van der Waals surface area contributed by atoms with Crippen LogP contribution in [0.25, 0.3) is 11.0 Å². The summed E-state index contributed by atoms with van der Waals surface area (Å²) in [7, 11) is 0. The summed E-state index contributed by atoms with van der Waals surface area (Å²) in [5.41, 5.74) is 7.62. The van der Waals surface area contributed by atoms with Gasteiger partial charge in [-0.1, -0.05) is 24.6 Å². The van der Waals surface area contributed by atoms with Gasteiger partial charge in [-0.15, -0.1) is 10.2 Å². The number of rotatable bonds is 5. The highest BCUT2D eigenvalue weighted by Crippen LogP contribution is 2.37. The highest BCUT2D eigenvalue weighted by Gasteiger charge is 2.48. The second kappa shape index (κ2) is 8.98. The Morgan fingerprint density at radius 2 is 2.17 bits per heavy atom. The monoisotopic (exact) mass is 503 g/mol. The Morgan fingerprint density at radius 3 is 2.89 bits per heavy atom. The van der Waals surface area contributed by atoms with Gasteiger partial charge in [-0.05, 0) is 43.9 Å². The van der Waals surface area contributed by atoms with Gasteiger partial charge < -0.3 is 20.5 Å². The number of nitrogens with two attached hydrogens (primary N) is 1. The molecule has 0 radical (unpaired) electrons. The molecule has 3 aromatic heterocycles. The lowest BCUT2D eigenvalue weighted by Gasteiger charge is -2.28. The Morgan fingerprint density at radius 1 is 1.37 bits per heavy atom. The van der Waals surface area contributed by atoms with Gasteiger partial charge in [0.2, 0.25) is 6.43 Å². The van der Waals surface area contributed by atoms with Gasteiger partial charge in [-0.2, -0.15) is 0 Å². The summed E-state index contributed by atoms with van der Waals surface area (Å²) < 4.78 is 29.0. The number of carbonyl (C=O) groups is 1. The highest BCUT2D eigenvalue weighted by atomic mass is 35.5. The number of alkyl halides is 2. The van der Waals surface area contributed by atoms with Crippen LogP contribution in [0.15, 0.2) is 24.4 Å². The lowest BCUT2D eigenvalue weighted by Crippen LogP contribution is -2.43. The van der Waals surface area contributed by atoms with Crippen LogP contribution in [0.3, 0.4) is 0 Å². The van der Waals surface area contributed by atoms with Gasteiger partial charge >= 0.3 is 0 Å². The molecule has 3 atom stereocenters. The number of hydrogen-bond donors (Lipinski definition) is 2. The molecular formula is C24H28ClF2N7O. The fraction of sp³-hybridized carbons (Fsp3) is 0.500. The van der Waals surface area contributed by atoms with Crippen LogP contribution in [0.2, 0.25) is 5.02 Å². The van der Waals surface area contributed by atoms with Crippen molar-refractivity contribution in [2.75, 3.05) is 18.0 Å². The number of aryl methyl sites for hydroxylation is 2. The molecule has 2 aliphatic rings. The number of fused-ring (bicyclic) bond motifs is 2. The van der Waals surface area contributed by atoms with Crippen molar-refractivity contribution in [3.63, 3.8) is 0 Å². The van der Waals surface area contributed by atoms with E-state index < -0.39 is 17.9 Å². The number of anilines is 1. The molecule has 0 spiro atoms. The maximum Gasteiger partial charge on any atom is 0.272 e. The van der Waals surface area contributed by atoms with Gasteiger partial charge in [0.05, 0.1) is 10.4 Å². The maximum atomic E-state index is 13.5. The first-order valence-electron chi connectivity index (χ1n) is 11.8. The van der Waals surface area contributed by atoms with E-state index >= 15 is 0 Å². The van der Waals surface area contributed by atoms with Crippen molar-refractivity contribution in [1.29, 1.82) is 0 Å². The Bertz CT molecular complexity index is 1280. The number of amides is 1. The van der Waals surface area contributed by atoms with E-state index in [1.807, 2.05) is 28.5 Å². The van der Waals surface area contributed by atoms with Gasteiger partial charge in [0.1, 0.15) is 5.82 Å². The van der Waals surface area contributed by atoms with Crippen molar-refractivity contribution in [3.05, 3.63) is 46.4 Å². The summed E-state index contributed by atoms with van der Waals surface area (Å²) in [5, 5.41) is 12.6. The molecule has 0 aromatic carbocycles. The van der Waals surface area contributed by atoms with E-state index in [1.165, 1.54) is 6.92 Å². The zero-order valence-corrected chi connectivity index (χ0v) is 20.4. The average Bonchev–Trinajstić information content (AvgIpc) is 3.34. The van der Waals surface area contributed by atoms with E-state index in [0.29, 0.717) is 54.2 Å². The normalized spacial score (nSPS) is 24.3. The molecule has 1 amide bonds. The number of carbonyl (C=O) groups excluding carboxylic acids is 1. The van der Waals surface area contributed by atoms with Crippen LogP contribution in [0.4, 0.5) is 14.6 Å². The van der Waals surface area contributed by atoms with Gasteiger partial charge in [-0.25, -0.2) is 13.8 Å². The standard InChI is InChI=1S/C24H28ClF2N7O/c1-3-33-10-16(25)15-9-18(31-32-21(15)33)22(35)29-14-5-6-17-13(8-14)4-7-20(30-17)34-11-19(28)24(2,12-34)23(26)27/h4,7,9-10,14,19,23H,3,5-6,8,11-12,28H2,1-2H3,(H,29,35). The van der Waals surface area contributed by atoms with Crippen molar-refractivity contribution in [1.82, 2.24) is 25.1 Å².